The lowest BCUT2D eigenvalue weighted by atomic mass is 10.0. The smallest absolute Gasteiger partial charge is 0.330 e. The first-order valence-electron chi connectivity index (χ1n) is 3.88. The van der Waals surface area contributed by atoms with Gasteiger partial charge in [0.2, 0.25) is 0 Å². The summed E-state index contributed by atoms with van der Waals surface area (Å²) >= 11 is 1.30. The number of fused-ring (bicyclic) bond motifs is 1. The summed E-state index contributed by atoms with van der Waals surface area (Å²) in [6.07, 6.45) is 2.20. The van der Waals surface area contributed by atoms with Crippen LogP contribution >= 0.6 is 11.8 Å². The van der Waals surface area contributed by atoms with Crippen molar-refractivity contribution < 1.29 is 19.8 Å². The average Bonchev–Trinajstić information content (AvgIpc) is 2.16. The van der Waals surface area contributed by atoms with Crippen molar-refractivity contribution in [1.29, 1.82) is 0 Å². The fourth-order valence-corrected chi connectivity index (χ4v) is 2.52. The molecule has 0 bridgehead atoms. The van der Waals surface area contributed by atoms with Crippen molar-refractivity contribution >= 4 is 23.6 Å². The number of hydrogen-bond donors (Lipinski definition) is 2. The van der Waals surface area contributed by atoms with Gasteiger partial charge in [-0.15, -0.1) is 11.8 Å². The van der Waals surface area contributed by atoms with Crippen LogP contribution in [0.4, 0.5) is 0 Å². The second kappa shape index (κ2) is 3.06. The van der Waals surface area contributed by atoms with E-state index < -0.39 is 17.9 Å². The summed E-state index contributed by atoms with van der Waals surface area (Å²) in [7, 11) is 0. The van der Waals surface area contributed by atoms with Crippen LogP contribution in [0.3, 0.4) is 0 Å². The van der Waals surface area contributed by atoms with E-state index in [4.69, 9.17) is 10.2 Å². The molecule has 74 valence electrons. The number of carboxylic acids is 1. The molecule has 1 amide bonds. The number of nitrogens with zero attached hydrogens (tertiary/aromatic N) is 1. The molecular weight excluding hydrogens is 206 g/mol. The zero-order valence-electron chi connectivity index (χ0n) is 6.95. The highest BCUT2D eigenvalue weighted by Gasteiger charge is 2.49. The van der Waals surface area contributed by atoms with Gasteiger partial charge in [-0.25, -0.2) is 4.79 Å². The van der Waals surface area contributed by atoms with Crippen LogP contribution in [0.25, 0.3) is 0 Å². The van der Waals surface area contributed by atoms with Gasteiger partial charge in [-0.05, 0) is 11.5 Å². The number of amides is 1. The molecule has 0 radical (unpaired) electrons. The summed E-state index contributed by atoms with van der Waals surface area (Å²) in [6.45, 7) is 0. The topological polar surface area (TPSA) is 77.8 Å². The molecule has 2 rings (SSSR count). The van der Waals surface area contributed by atoms with E-state index in [0.717, 1.165) is 6.26 Å². The minimum absolute atomic E-state index is 0.255. The van der Waals surface area contributed by atoms with Gasteiger partial charge < -0.3 is 15.1 Å². The SMILES string of the molecule is O=C(O)C1C=CS[C@H]2C(=CO)C(=O)N12. The number of aliphatic hydroxyl groups is 1. The first kappa shape index (κ1) is 9.14. The van der Waals surface area contributed by atoms with Gasteiger partial charge in [0.15, 0.2) is 6.04 Å². The lowest BCUT2D eigenvalue weighted by Crippen LogP contribution is -2.60. The second-order valence-electron chi connectivity index (χ2n) is 2.90. The van der Waals surface area contributed by atoms with E-state index in [1.54, 1.807) is 5.41 Å². The Hall–Kier alpha value is -1.43. The van der Waals surface area contributed by atoms with Crippen molar-refractivity contribution in [2.75, 3.05) is 0 Å². The van der Waals surface area contributed by atoms with E-state index in [2.05, 4.69) is 0 Å². The van der Waals surface area contributed by atoms with Gasteiger partial charge in [-0.3, -0.25) is 4.79 Å². The van der Waals surface area contributed by atoms with Crippen LogP contribution in [0.15, 0.2) is 23.3 Å². The van der Waals surface area contributed by atoms with Crippen LogP contribution in [-0.4, -0.2) is 38.4 Å². The highest BCUT2D eigenvalue weighted by Crippen LogP contribution is 2.40. The molecule has 2 atom stereocenters. The van der Waals surface area contributed by atoms with E-state index in [-0.39, 0.29) is 10.9 Å². The third-order valence-corrected chi connectivity index (χ3v) is 3.21. The Kier molecular flexibility index (Phi) is 1.99. The maximum Gasteiger partial charge on any atom is 0.330 e. The Balaban J connectivity index is 2.29. The highest BCUT2D eigenvalue weighted by atomic mass is 32.2. The first-order valence-corrected chi connectivity index (χ1v) is 4.83. The first-order chi connectivity index (χ1) is 6.66. The molecule has 1 fully saturated rings. The van der Waals surface area contributed by atoms with E-state index in [1.165, 1.54) is 22.7 Å². The lowest BCUT2D eigenvalue weighted by molar-refractivity contribution is -0.150. The van der Waals surface area contributed by atoms with Crippen molar-refractivity contribution in [2.45, 2.75) is 11.4 Å². The number of aliphatic carboxylic acids is 1. The molecule has 1 saturated heterocycles. The van der Waals surface area contributed by atoms with Crippen molar-refractivity contribution in [3.63, 3.8) is 0 Å². The predicted octanol–water partition coefficient (Wildman–Crippen LogP) is 0.310. The molecule has 0 saturated carbocycles. The van der Waals surface area contributed by atoms with Gasteiger partial charge in [-0.2, -0.15) is 0 Å². The Bertz CT molecular complexity index is 362. The molecule has 2 aliphatic heterocycles. The number of hydrogen-bond acceptors (Lipinski definition) is 4. The van der Waals surface area contributed by atoms with Crippen LogP contribution in [0.5, 0.6) is 0 Å². The molecule has 0 aromatic rings. The van der Waals surface area contributed by atoms with Gasteiger partial charge in [0.05, 0.1) is 11.8 Å². The van der Waals surface area contributed by atoms with Crippen LogP contribution < -0.4 is 0 Å². The Morgan fingerprint density at radius 2 is 2.36 bits per heavy atom. The minimum Gasteiger partial charge on any atom is -0.515 e. The minimum atomic E-state index is -1.06. The fourth-order valence-electron chi connectivity index (χ4n) is 1.46. The molecule has 2 aliphatic rings. The number of carbonyl (C=O) groups excluding carboxylic acids is 1. The molecule has 1 unspecified atom stereocenters. The summed E-state index contributed by atoms with van der Waals surface area (Å²) in [5, 5.41) is 18.8. The third kappa shape index (κ3) is 1.04. The maximum atomic E-state index is 11.3. The second-order valence-corrected chi connectivity index (χ2v) is 3.89. The van der Waals surface area contributed by atoms with Crippen molar-refractivity contribution in [3.8, 4) is 0 Å². The Labute approximate surface area is 83.7 Å². The largest absolute Gasteiger partial charge is 0.515 e. The van der Waals surface area contributed by atoms with Crippen LogP contribution in [0.2, 0.25) is 0 Å². The standard InChI is InChI=1S/C8H7NO4S/c10-3-4-6(11)9-5(8(12)13)1-2-14-7(4)9/h1-3,5,7,10H,(H,12,13)/t5?,7-/m0/s1. The number of rotatable bonds is 1. The quantitative estimate of drug-likeness (QED) is 0.372. The molecule has 0 aromatic heterocycles. The summed E-state index contributed by atoms with van der Waals surface area (Å²) in [5.74, 6) is -1.47. The summed E-state index contributed by atoms with van der Waals surface area (Å²) in [6, 6.07) is -0.905. The van der Waals surface area contributed by atoms with Crippen LogP contribution in [0.1, 0.15) is 0 Å². The zero-order valence-corrected chi connectivity index (χ0v) is 7.77. The number of aliphatic hydroxyl groups excluding tert-OH is 1. The molecule has 0 aliphatic carbocycles. The lowest BCUT2D eigenvalue weighted by Gasteiger charge is -2.45. The zero-order chi connectivity index (χ0) is 10.3. The maximum absolute atomic E-state index is 11.3. The molecule has 0 aromatic carbocycles. The highest BCUT2D eigenvalue weighted by molar-refractivity contribution is 8.03. The molecule has 14 heavy (non-hydrogen) atoms. The van der Waals surface area contributed by atoms with Crippen LogP contribution in [0, 0.1) is 0 Å². The summed E-state index contributed by atoms with van der Waals surface area (Å²) in [4.78, 5) is 23.3. The third-order valence-electron chi connectivity index (χ3n) is 2.16. The molecular formula is C8H7NO4S. The summed E-state index contributed by atoms with van der Waals surface area (Å²) in [5.41, 5.74) is 0.255. The van der Waals surface area contributed by atoms with Gasteiger partial charge in [-0.1, -0.05) is 0 Å². The monoisotopic (exact) mass is 213 g/mol. The number of carbonyl (C=O) groups is 2. The Morgan fingerprint density at radius 3 is 2.93 bits per heavy atom. The van der Waals surface area contributed by atoms with E-state index in [1.807, 2.05) is 0 Å². The van der Waals surface area contributed by atoms with Crippen molar-refractivity contribution in [3.05, 3.63) is 23.3 Å². The van der Waals surface area contributed by atoms with E-state index in [9.17, 15) is 9.59 Å². The van der Waals surface area contributed by atoms with Gasteiger partial charge >= 0.3 is 5.97 Å². The Morgan fingerprint density at radius 1 is 1.64 bits per heavy atom. The average molecular weight is 213 g/mol. The van der Waals surface area contributed by atoms with E-state index >= 15 is 0 Å². The van der Waals surface area contributed by atoms with Crippen molar-refractivity contribution in [1.82, 2.24) is 4.90 Å². The normalized spacial score (nSPS) is 32.7. The number of carboxylic acid groups (broad SMARTS) is 1. The molecule has 0 spiro atoms. The number of thioether (sulfide) groups is 1. The van der Waals surface area contributed by atoms with Crippen molar-refractivity contribution in [2.24, 2.45) is 0 Å². The van der Waals surface area contributed by atoms with E-state index in [0.29, 0.717) is 0 Å². The predicted molar refractivity (Wildman–Crippen MR) is 49.5 cm³/mol. The molecule has 6 heteroatoms. The number of β-lactam (4-membered cyclic amide) rings is 1. The molecule has 2 heterocycles. The molecule has 2 N–H and O–H groups in total. The van der Waals surface area contributed by atoms with Gasteiger partial charge in [0.25, 0.3) is 5.91 Å². The summed E-state index contributed by atoms with van der Waals surface area (Å²) < 4.78 is 0. The van der Waals surface area contributed by atoms with Gasteiger partial charge in [0.1, 0.15) is 5.37 Å². The van der Waals surface area contributed by atoms with Crippen LogP contribution in [-0.2, 0) is 9.59 Å². The van der Waals surface area contributed by atoms with Gasteiger partial charge in [0, 0.05) is 0 Å². The molecule has 5 nitrogen and oxygen atoms in total. The fraction of sp³-hybridized carbons (Fsp3) is 0.250.